The molecule has 0 amide bonds. The van der Waals surface area contributed by atoms with Crippen LogP contribution in [0.15, 0.2) is 29.4 Å². The van der Waals surface area contributed by atoms with Crippen LogP contribution in [0.5, 0.6) is 5.75 Å². The number of pyridine rings is 1. The summed E-state index contributed by atoms with van der Waals surface area (Å²) in [6.07, 6.45) is 4.69. The summed E-state index contributed by atoms with van der Waals surface area (Å²) in [7, 11) is 1.70. The van der Waals surface area contributed by atoms with Gasteiger partial charge in [0.25, 0.3) is 0 Å². The molecule has 36 heavy (non-hydrogen) atoms. The standard InChI is InChI=1S/C28H35ClN4O3/c1-26(2)27(3)7-8-28(26,15-23(27)34)32-24-19(29)16-30-21-14-20(31-25(21)24)18-6-5-17(13-22(18)35-4)33-9-11-36-12-10-33/h5-6,13,16,23,34H,7-12,14-15H2,1-4H3,(H,30,32). The minimum absolute atomic E-state index is 0.0947. The van der Waals surface area contributed by atoms with Crippen molar-refractivity contribution < 1.29 is 14.6 Å². The number of halogens is 1. The van der Waals surface area contributed by atoms with Crippen LogP contribution >= 0.6 is 11.6 Å². The molecular weight excluding hydrogens is 476 g/mol. The third kappa shape index (κ3) is 3.32. The maximum absolute atomic E-state index is 10.9. The van der Waals surface area contributed by atoms with E-state index in [0.29, 0.717) is 17.9 Å². The van der Waals surface area contributed by atoms with E-state index >= 15 is 0 Å². The molecule has 1 aromatic heterocycles. The average molecular weight is 511 g/mol. The lowest BCUT2D eigenvalue weighted by atomic mass is 9.68. The number of nitrogens with zero attached hydrogens (tertiary/aromatic N) is 3. The topological polar surface area (TPSA) is 79.2 Å². The number of fused-ring (bicyclic) bond motifs is 3. The van der Waals surface area contributed by atoms with Crippen LogP contribution in [-0.4, -0.2) is 60.9 Å². The Bertz CT molecular complexity index is 1240. The van der Waals surface area contributed by atoms with Crippen molar-refractivity contribution in [3.8, 4) is 5.75 Å². The number of aliphatic imine (C=N–C) groups is 1. The predicted octanol–water partition coefficient (Wildman–Crippen LogP) is 5.00. The van der Waals surface area contributed by atoms with Gasteiger partial charge in [-0.3, -0.25) is 4.98 Å². The second-order valence-electron chi connectivity index (χ2n) is 11.5. The number of hydrogen-bond donors (Lipinski definition) is 2. The summed E-state index contributed by atoms with van der Waals surface area (Å²) in [6, 6.07) is 6.32. The van der Waals surface area contributed by atoms with Crippen LogP contribution in [0.3, 0.4) is 0 Å². The van der Waals surface area contributed by atoms with Crippen LogP contribution in [0.1, 0.15) is 51.3 Å². The van der Waals surface area contributed by atoms with E-state index in [1.54, 1.807) is 13.3 Å². The molecule has 0 spiro atoms. The van der Waals surface area contributed by atoms with Crippen LogP contribution in [-0.2, 0) is 11.2 Å². The fourth-order valence-electron chi connectivity index (χ4n) is 6.96. The molecule has 4 aliphatic rings. The lowest BCUT2D eigenvalue weighted by molar-refractivity contribution is 0.0125. The molecule has 1 aromatic carbocycles. The van der Waals surface area contributed by atoms with Gasteiger partial charge in [-0.1, -0.05) is 32.4 Å². The number of ether oxygens (including phenoxy) is 2. The Morgan fingerprint density at radius 3 is 2.64 bits per heavy atom. The van der Waals surface area contributed by atoms with Crippen molar-refractivity contribution in [2.75, 3.05) is 43.6 Å². The van der Waals surface area contributed by atoms with Crippen molar-refractivity contribution in [1.82, 2.24) is 4.98 Å². The summed E-state index contributed by atoms with van der Waals surface area (Å²) >= 11 is 6.74. The fourth-order valence-corrected chi connectivity index (χ4v) is 7.15. The summed E-state index contributed by atoms with van der Waals surface area (Å²) in [5.74, 6) is 0.802. The van der Waals surface area contributed by atoms with Gasteiger partial charge in [0, 0.05) is 54.0 Å². The van der Waals surface area contributed by atoms with E-state index in [1.165, 1.54) is 0 Å². The molecule has 3 unspecified atom stereocenters. The van der Waals surface area contributed by atoms with Gasteiger partial charge in [-0.25, -0.2) is 4.99 Å². The van der Waals surface area contributed by atoms with E-state index in [9.17, 15) is 5.11 Å². The average Bonchev–Trinajstić information content (AvgIpc) is 3.44. The highest BCUT2D eigenvalue weighted by molar-refractivity contribution is 6.34. The molecule has 2 aromatic rings. The Morgan fingerprint density at radius 1 is 1.19 bits per heavy atom. The van der Waals surface area contributed by atoms with Crippen LogP contribution in [0.25, 0.3) is 0 Å². The lowest BCUT2D eigenvalue weighted by Gasteiger charge is -2.42. The zero-order chi connectivity index (χ0) is 25.3. The molecule has 2 bridgehead atoms. The molecule has 2 saturated carbocycles. The highest BCUT2D eigenvalue weighted by Crippen LogP contribution is 2.68. The van der Waals surface area contributed by atoms with Gasteiger partial charge in [0.05, 0.1) is 48.5 Å². The number of methoxy groups -OCH3 is 1. The molecule has 3 fully saturated rings. The molecule has 3 atom stereocenters. The smallest absolute Gasteiger partial charge is 0.129 e. The predicted molar refractivity (Wildman–Crippen MR) is 143 cm³/mol. The SMILES string of the molecule is COc1cc(N2CCOCC2)ccc1C1=Nc2c(ncc(Cl)c2NC23CCC(C)(C(O)C2)C3(C)C)C1. The van der Waals surface area contributed by atoms with E-state index in [1.807, 2.05) is 0 Å². The first kappa shape index (κ1) is 24.0. The van der Waals surface area contributed by atoms with Gasteiger partial charge in [-0.05, 0) is 36.8 Å². The minimum atomic E-state index is -0.337. The number of aromatic nitrogens is 1. The lowest BCUT2D eigenvalue weighted by Crippen LogP contribution is -2.46. The van der Waals surface area contributed by atoms with Crippen molar-refractivity contribution in [2.45, 2.75) is 58.1 Å². The fraction of sp³-hybridized carbons (Fsp3) is 0.571. The normalized spacial score (nSPS) is 30.3. The van der Waals surface area contributed by atoms with Gasteiger partial charge >= 0.3 is 0 Å². The van der Waals surface area contributed by atoms with E-state index in [4.69, 9.17) is 26.1 Å². The highest BCUT2D eigenvalue weighted by Gasteiger charge is 2.69. The molecule has 7 nitrogen and oxygen atoms in total. The summed E-state index contributed by atoms with van der Waals surface area (Å²) in [5, 5.41) is 15.3. The van der Waals surface area contributed by atoms with Crippen molar-refractivity contribution in [1.29, 1.82) is 0 Å². The zero-order valence-electron chi connectivity index (χ0n) is 21.5. The number of aliphatic hydroxyl groups excluding tert-OH is 1. The van der Waals surface area contributed by atoms with Crippen LogP contribution in [0.4, 0.5) is 17.1 Å². The first-order chi connectivity index (χ1) is 17.2. The molecule has 0 radical (unpaired) electrons. The highest BCUT2D eigenvalue weighted by atomic mass is 35.5. The van der Waals surface area contributed by atoms with Crippen LogP contribution in [0, 0.1) is 10.8 Å². The van der Waals surface area contributed by atoms with E-state index in [2.05, 4.69) is 54.2 Å². The molecule has 192 valence electrons. The second-order valence-corrected chi connectivity index (χ2v) is 11.9. The monoisotopic (exact) mass is 510 g/mol. The van der Waals surface area contributed by atoms with Gasteiger partial charge in [-0.15, -0.1) is 0 Å². The van der Waals surface area contributed by atoms with Crippen molar-refractivity contribution in [2.24, 2.45) is 15.8 Å². The number of anilines is 2. The molecular formula is C28H35ClN4O3. The Labute approximate surface area is 217 Å². The number of hydrogen-bond acceptors (Lipinski definition) is 7. The molecule has 6 rings (SSSR count). The van der Waals surface area contributed by atoms with Gasteiger partial charge in [0.15, 0.2) is 0 Å². The Hall–Kier alpha value is -2.35. The Morgan fingerprint density at radius 2 is 1.97 bits per heavy atom. The van der Waals surface area contributed by atoms with Gasteiger partial charge in [0.1, 0.15) is 11.4 Å². The van der Waals surface area contributed by atoms with Crippen LogP contribution in [0.2, 0.25) is 5.02 Å². The maximum Gasteiger partial charge on any atom is 0.129 e. The summed E-state index contributed by atoms with van der Waals surface area (Å²) in [6.45, 7) is 9.99. The summed E-state index contributed by atoms with van der Waals surface area (Å²) in [4.78, 5) is 12.0. The van der Waals surface area contributed by atoms with Crippen molar-refractivity contribution in [3.05, 3.63) is 40.7 Å². The third-order valence-electron chi connectivity index (χ3n) is 9.87. The number of rotatable bonds is 5. The third-order valence-corrected chi connectivity index (χ3v) is 10.2. The largest absolute Gasteiger partial charge is 0.496 e. The van der Waals surface area contributed by atoms with E-state index in [0.717, 1.165) is 78.9 Å². The van der Waals surface area contributed by atoms with Gasteiger partial charge in [0.2, 0.25) is 0 Å². The number of aliphatic hydroxyl groups is 1. The molecule has 2 aliphatic heterocycles. The number of nitrogens with one attached hydrogen (secondary N) is 1. The number of benzene rings is 1. The Balaban J connectivity index is 1.35. The van der Waals surface area contributed by atoms with Crippen molar-refractivity contribution in [3.63, 3.8) is 0 Å². The molecule has 1 saturated heterocycles. The number of morpholine rings is 1. The van der Waals surface area contributed by atoms with E-state index in [-0.39, 0.29) is 22.5 Å². The van der Waals surface area contributed by atoms with Gasteiger partial charge < -0.3 is 24.8 Å². The van der Waals surface area contributed by atoms with Gasteiger partial charge in [-0.2, -0.15) is 0 Å². The van der Waals surface area contributed by atoms with E-state index < -0.39 is 0 Å². The molecule has 8 heteroatoms. The zero-order valence-corrected chi connectivity index (χ0v) is 22.3. The summed E-state index contributed by atoms with van der Waals surface area (Å²) < 4.78 is 11.3. The maximum atomic E-state index is 10.9. The second kappa shape index (κ2) is 8.33. The van der Waals surface area contributed by atoms with Crippen LogP contribution < -0.4 is 15.0 Å². The first-order valence-corrected chi connectivity index (χ1v) is 13.3. The molecule has 2 aliphatic carbocycles. The quantitative estimate of drug-likeness (QED) is 0.589. The van der Waals surface area contributed by atoms with Crippen molar-refractivity contribution >= 4 is 34.4 Å². The first-order valence-electron chi connectivity index (χ1n) is 12.9. The summed E-state index contributed by atoms with van der Waals surface area (Å²) in [5.41, 5.74) is 5.11. The Kier molecular flexibility index (Phi) is 5.56. The molecule has 2 N–H and O–H groups in total. The minimum Gasteiger partial charge on any atom is -0.496 e. The molecule has 3 heterocycles.